The molecule has 2 rings (SSSR count). The zero-order chi connectivity index (χ0) is 15.6. The van der Waals surface area contributed by atoms with Crippen molar-refractivity contribution >= 4 is 17.3 Å². The van der Waals surface area contributed by atoms with Gasteiger partial charge in [0.15, 0.2) is 0 Å². The van der Waals surface area contributed by atoms with Crippen molar-refractivity contribution in [2.45, 2.75) is 19.9 Å². The highest BCUT2D eigenvalue weighted by molar-refractivity contribution is 5.74. The summed E-state index contributed by atoms with van der Waals surface area (Å²) in [4.78, 5) is 23.9. The molecule has 1 saturated heterocycles. The second-order valence-electron chi connectivity index (χ2n) is 5.04. The van der Waals surface area contributed by atoms with Crippen molar-refractivity contribution < 1.29 is 19.6 Å². The number of benzene rings is 1. The Balaban J connectivity index is 2.47. The van der Waals surface area contributed by atoms with Crippen LogP contribution in [0.3, 0.4) is 0 Å². The molecule has 1 aliphatic heterocycles. The van der Waals surface area contributed by atoms with Gasteiger partial charge in [-0.1, -0.05) is 12.1 Å². The maximum Gasteiger partial charge on any atom is 0.311 e. The highest BCUT2D eigenvalue weighted by Gasteiger charge is 2.39. The summed E-state index contributed by atoms with van der Waals surface area (Å²) in [5.41, 5.74) is 1.22. The number of carboxylic acids is 1. The summed E-state index contributed by atoms with van der Waals surface area (Å²) in [6, 6.07) is 4.46. The number of carbonyl (C=O) groups is 1. The van der Waals surface area contributed by atoms with Crippen LogP contribution in [0.15, 0.2) is 18.2 Å². The molecule has 0 bridgehead atoms. The maximum atomic E-state index is 11.3. The summed E-state index contributed by atoms with van der Waals surface area (Å²) in [6.07, 6.45) is 0. The standard InChI is InChI=1S/C14H18N2O5/c1-3-15(12-8-21-7-10(12)14(17)18)13-9(2)5-4-6-11(13)16(19)20/h4-6,10,12H,3,7-8H2,1-2H3,(H,17,18). The Morgan fingerprint density at radius 3 is 2.81 bits per heavy atom. The van der Waals surface area contributed by atoms with Crippen LogP contribution < -0.4 is 4.90 Å². The number of aliphatic carboxylic acids is 1. The largest absolute Gasteiger partial charge is 0.481 e. The van der Waals surface area contributed by atoms with Crippen LogP contribution in [0.4, 0.5) is 11.4 Å². The van der Waals surface area contributed by atoms with E-state index in [9.17, 15) is 20.0 Å². The molecule has 114 valence electrons. The van der Waals surface area contributed by atoms with Crippen molar-refractivity contribution in [2.75, 3.05) is 24.7 Å². The van der Waals surface area contributed by atoms with Crippen LogP contribution in [0.25, 0.3) is 0 Å². The Kier molecular flexibility index (Phi) is 4.42. The minimum absolute atomic E-state index is 0.00658. The van der Waals surface area contributed by atoms with Gasteiger partial charge in [-0.3, -0.25) is 14.9 Å². The topological polar surface area (TPSA) is 92.9 Å². The minimum atomic E-state index is -0.938. The second-order valence-corrected chi connectivity index (χ2v) is 5.04. The van der Waals surface area contributed by atoms with Gasteiger partial charge in [-0.05, 0) is 19.4 Å². The number of aryl methyl sites for hydroxylation is 1. The zero-order valence-electron chi connectivity index (χ0n) is 12.0. The number of likely N-dealkylation sites (N-methyl/N-ethyl adjacent to an activating group) is 1. The Bertz CT molecular complexity index is 560. The predicted molar refractivity (Wildman–Crippen MR) is 76.6 cm³/mol. The first-order valence-corrected chi connectivity index (χ1v) is 6.78. The van der Waals surface area contributed by atoms with Gasteiger partial charge in [-0.2, -0.15) is 0 Å². The normalized spacial score (nSPS) is 21.2. The van der Waals surface area contributed by atoms with Crippen molar-refractivity contribution in [3.63, 3.8) is 0 Å². The summed E-state index contributed by atoms with van der Waals surface area (Å²) in [5, 5.41) is 20.5. The van der Waals surface area contributed by atoms with E-state index < -0.39 is 22.9 Å². The van der Waals surface area contributed by atoms with Gasteiger partial charge in [-0.15, -0.1) is 0 Å². The molecule has 1 aromatic rings. The molecule has 0 saturated carbocycles. The molecule has 2 atom stereocenters. The third-order valence-electron chi connectivity index (χ3n) is 3.81. The summed E-state index contributed by atoms with van der Waals surface area (Å²) in [6.45, 7) is 4.51. The lowest BCUT2D eigenvalue weighted by molar-refractivity contribution is -0.384. The first-order valence-electron chi connectivity index (χ1n) is 6.78. The van der Waals surface area contributed by atoms with Crippen LogP contribution in [0.2, 0.25) is 0 Å². The van der Waals surface area contributed by atoms with E-state index in [4.69, 9.17) is 4.74 Å². The molecule has 0 spiro atoms. The molecule has 7 nitrogen and oxygen atoms in total. The number of hydrogen-bond acceptors (Lipinski definition) is 5. The fraction of sp³-hybridized carbons (Fsp3) is 0.500. The molecule has 0 amide bonds. The predicted octanol–water partition coefficient (Wildman–Crippen LogP) is 1.83. The van der Waals surface area contributed by atoms with Gasteiger partial charge in [0.05, 0.1) is 24.2 Å². The summed E-state index contributed by atoms with van der Waals surface area (Å²) < 4.78 is 5.28. The summed E-state index contributed by atoms with van der Waals surface area (Å²) in [5.74, 6) is -1.61. The van der Waals surface area contributed by atoms with Crippen LogP contribution in [0.5, 0.6) is 0 Å². The number of nitro benzene ring substituents is 1. The molecular formula is C14H18N2O5. The quantitative estimate of drug-likeness (QED) is 0.658. The van der Waals surface area contributed by atoms with Crippen molar-refractivity contribution in [1.29, 1.82) is 0 Å². The van der Waals surface area contributed by atoms with Gasteiger partial charge in [0.1, 0.15) is 11.6 Å². The fourth-order valence-corrected chi connectivity index (χ4v) is 2.81. The number of rotatable bonds is 5. The van der Waals surface area contributed by atoms with Crippen LogP contribution in [-0.2, 0) is 9.53 Å². The third kappa shape index (κ3) is 2.82. The van der Waals surface area contributed by atoms with E-state index in [1.807, 2.05) is 6.92 Å². The lowest BCUT2D eigenvalue weighted by atomic mass is 10.00. The van der Waals surface area contributed by atoms with E-state index in [1.54, 1.807) is 24.0 Å². The first kappa shape index (κ1) is 15.2. The van der Waals surface area contributed by atoms with Crippen LogP contribution >= 0.6 is 0 Å². The Labute approximate surface area is 122 Å². The SMILES string of the molecule is CCN(c1c(C)cccc1[N+](=O)[O-])C1COCC1C(=O)O. The maximum absolute atomic E-state index is 11.3. The number of ether oxygens (including phenoxy) is 1. The molecule has 21 heavy (non-hydrogen) atoms. The molecule has 1 heterocycles. The van der Waals surface area contributed by atoms with Gasteiger partial charge < -0.3 is 14.7 Å². The minimum Gasteiger partial charge on any atom is -0.481 e. The molecule has 1 fully saturated rings. The Morgan fingerprint density at radius 2 is 2.24 bits per heavy atom. The molecule has 0 aliphatic carbocycles. The molecule has 7 heteroatoms. The lowest BCUT2D eigenvalue weighted by Gasteiger charge is -2.32. The zero-order valence-corrected chi connectivity index (χ0v) is 12.0. The van der Waals surface area contributed by atoms with Crippen molar-refractivity contribution in [3.05, 3.63) is 33.9 Å². The molecular weight excluding hydrogens is 276 g/mol. The Hall–Kier alpha value is -2.15. The number of nitrogens with zero attached hydrogens (tertiary/aromatic N) is 2. The highest BCUT2D eigenvalue weighted by Crippen LogP contribution is 2.35. The lowest BCUT2D eigenvalue weighted by Crippen LogP contribution is -2.43. The van der Waals surface area contributed by atoms with Gasteiger partial charge in [0.2, 0.25) is 0 Å². The average Bonchev–Trinajstić information content (AvgIpc) is 2.90. The fourth-order valence-electron chi connectivity index (χ4n) is 2.81. The number of anilines is 1. The summed E-state index contributed by atoms with van der Waals surface area (Å²) >= 11 is 0. The van der Waals surface area contributed by atoms with E-state index >= 15 is 0 Å². The smallest absolute Gasteiger partial charge is 0.311 e. The highest BCUT2D eigenvalue weighted by atomic mass is 16.6. The van der Waals surface area contributed by atoms with E-state index in [1.165, 1.54) is 6.07 Å². The van der Waals surface area contributed by atoms with E-state index in [0.29, 0.717) is 12.2 Å². The van der Waals surface area contributed by atoms with Crippen molar-refractivity contribution in [1.82, 2.24) is 0 Å². The molecule has 2 unspecified atom stereocenters. The van der Waals surface area contributed by atoms with Gasteiger partial charge in [0, 0.05) is 12.6 Å². The Morgan fingerprint density at radius 1 is 1.52 bits per heavy atom. The van der Waals surface area contributed by atoms with E-state index in [0.717, 1.165) is 5.56 Å². The monoisotopic (exact) mass is 294 g/mol. The molecule has 1 aromatic carbocycles. The van der Waals surface area contributed by atoms with E-state index in [2.05, 4.69) is 0 Å². The molecule has 0 aromatic heterocycles. The van der Waals surface area contributed by atoms with Crippen molar-refractivity contribution in [3.8, 4) is 0 Å². The van der Waals surface area contributed by atoms with Crippen molar-refractivity contribution in [2.24, 2.45) is 5.92 Å². The molecule has 0 radical (unpaired) electrons. The first-order chi connectivity index (χ1) is 9.97. The molecule has 1 N–H and O–H groups in total. The summed E-state index contributed by atoms with van der Waals surface area (Å²) in [7, 11) is 0. The van der Waals surface area contributed by atoms with Crippen LogP contribution in [-0.4, -0.2) is 41.8 Å². The van der Waals surface area contributed by atoms with Crippen LogP contribution in [0.1, 0.15) is 12.5 Å². The van der Waals surface area contributed by atoms with Crippen LogP contribution in [0, 0.1) is 23.0 Å². The van der Waals surface area contributed by atoms with Gasteiger partial charge in [-0.25, -0.2) is 0 Å². The second kappa shape index (κ2) is 6.09. The number of carboxylic acid groups (broad SMARTS) is 1. The average molecular weight is 294 g/mol. The van der Waals surface area contributed by atoms with E-state index in [-0.39, 0.29) is 18.9 Å². The van der Waals surface area contributed by atoms with Gasteiger partial charge in [0.25, 0.3) is 5.69 Å². The number of nitro groups is 1. The number of hydrogen-bond donors (Lipinski definition) is 1. The third-order valence-corrected chi connectivity index (χ3v) is 3.81. The van der Waals surface area contributed by atoms with Gasteiger partial charge >= 0.3 is 5.97 Å². The molecule has 1 aliphatic rings. The number of para-hydroxylation sites is 1.